The molecule has 2 aromatic rings. The van der Waals surface area contributed by atoms with Crippen LogP contribution < -0.4 is 4.74 Å². The van der Waals surface area contributed by atoms with Gasteiger partial charge in [-0.05, 0) is 48.9 Å². The number of hydrogen-bond acceptors (Lipinski definition) is 3. The van der Waals surface area contributed by atoms with E-state index >= 15 is 0 Å². The molecule has 2 aromatic carbocycles. The van der Waals surface area contributed by atoms with E-state index in [1.165, 1.54) is 12.1 Å². The lowest BCUT2D eigenvalue weighted by molar-refractivity contribution is -0.140. The molecule has 0 unspecified atom stereocenters. The summed E-state index contributed by atoms with van der Waals surface area (Å²) in [6.07, 6.45) is -4.57. The SMILES string of the molecule is O[C@@H]1C[C@H]2CN(Cc3cccc(C(F)(F)F)c3F)C[C@H]2C[C@H]1Oc1cccc(Cl)c1. The molecule has 1 aliphatic heterocycles. The second-order valence-electron chi connectivity index (χ2n) is 8.14. The molecule has 1 saturated carbocycles. The van der Waals surface area contributed by atoms with Gasteiger partial charge in [-0.3, -0.25) is 4.90 Å². The molecule has 1 heterocycles. The van der Waals surface area contributed by atoms with E-state index in [-0.39, 0.29) is 30.0 Å². The van der Waals surface area contributed by atoms with Gasteiger partial charge in [0.2, 0.25) is 0 Å². The third-order valence-corrected chi connectivity index (χ3v) is 6.26. The maximum absolute atomic E-state index is 14.4. The number of nitrogens with zero attached hydrogens (tertiary/aromatic N) is 1. The van der Waals surface area contributed by atoms with Crippen LogP contribution in [0.15, 0.2) is 42.5 Å². The van der Waals surface area contributed by atoms with Crippen LogP contribution in [-0.4, -0.2) is 35.3 Å². The first-order valence-corrected chi connectivity index (χ1v) is 10.3. The largest absolute Gasteiger partial charge is 0.488 e. The van der Waals surface area contributed by atoms with Gasteiger partial charge in [0.15, 0.2) is 0 Å². The van der Waals surface area contributed by atoms with Crippen LogP contribution in [0.5, 0.6) is 5.75 Å². The van der Waals surface area contributed by atoms with Crippen molar-refractivity contribution in [2.45, 2.75) is 37.8 Å². The minimum atomic E-state index is -4.71. The van der Waals surface area contributed by atoms with E-state index in [0.717, 1.165) is 6.07 Å². The summed E-state index contributed by atoms with van der Waals surface area (Å²) in [5.74, 6) is -0.188. The summed E-state index contributed by atoms with van der Waals surface area (Å²) < 4.78 is 59.2. The summed E-state index contributed by atoms with van der Waals surface area (Å²) in [6, 6.07) is 10.4. The molecule has 1 aliphatic carbocycles. The highest BCUT2D eigenvalue weighted by molar-refractivity contribution is 6.30. The van der Waals surface area contributed by atoms with Gasteiger partial charge in [-0.1, -0.05) is 29.8 Å². The number of rotatable bonds is 4. The Kier molecular flexibility index (Phi) is 5.97. The van der Waals surface area contributed by atoms with Gasteiger partial charge in [-0.15, -0.1) is 0 Å². The summed E-state index contributed by atoms with van der Waals surface area (Å²) in [7, 11) is 0. The van der Waals surface area contributed by atoms with E-state index in [1.54, 1.807) is 24.3 Å². The lowest BCUT2D eigenvalue weighted by atomic mass is 9.78. The first-order valence-electron chi connectivity index (χ1n) is 9.88. The van der Waals surface area contributed by atoms with Crippen LogP contribution >= 0.6 is 11.6 Å². The molecule has 0 spiro atoms. The third kappa shape index (κ3) is 4.58. The molecular weight excluding hydrogens is 422 g/mol. The minimum absolute atomic E-state index is 0.0377. The summed E-state index contributed by atoms with van der Waals surface area (Å²) >= 11 is 5.99. The maximum Gasteiger partial charge on any atom is 0.419 e. The molecule has 0 aromatic heterocycles. The molecule has 2 aliphatic rings. The maximum atomic E-state index is 14.4. The summed E-state index contributed by atoms with van der Waals surface area (Å²) in [4.78, 5) is 1.96. The zero-order valence-corrected chi connectivity index (χ0v) is 16.8. The monoisotopic (exact) mass is 443 g/mol. The Hall–Kier alpha value is -1.83. The molecule has 4 atom stereocenters. The smallest absolute Gasteiger partial charge is 0.419 e. The number of aliphatic hydroxyl groups is 1. The van der Waals surface area contributed by atoms with Crippen LogP contribution in [0, 0.1) is 17.7 Å². The van der Waals surface area contributed by atoms with Gasteiger partial charge in [-0.2, -0.15) is 13.2 Å². The van der Waals surface area contributed by atoms with Crippen molar-refractivity contribution < 1.29 is 27.4 Å². The zero-order valence-electron chi connectivity index (χ0n) is 16.1. The Morgan fingerprint density at radius 1 is 1.07 bits per heavy atom. The van der Waals surface area contributed by atoms with E-state index in [9.17, 15) is 22.7 Å². The van der Waals surface area contributed by atoms with Crippen LogP contribution in [0.3, 0.4) is 0 Å². The number of aliphatic hydroxyl groups excluding tert-OH is 1. The number of hydrogen-bond donors (Lipinski definition) is 1. The fourth-order valence-electron chi connectivity index (χ4n) is 4.62. The van der Waals surface area contributed by atoms with Crippen molar-refractivity contribution in [3.63, 3.8) is 0 Å². The molecule has 4 rings (SSSR count). The van der Waals surface area contributed by atoms with Crippen molar-refractivity contribution in [1.29, 1.82) is 0 Å². The number of alkyl halides is 3. The Bertz CT molecular complexity index is 907. The van der Waals surface area contributed by atoms with E-state index in [1.807, 2.05) is 4.90 Å². The molecule has 30 heavy (non-hydrogen) atoms. The summed E-state index contributed by atoms with van der Waals surface area (Å²) in [5, 5.41) is 11.1. The molecule has 0 amide bonds. The fraction of sp³-hybridized carbons (Fsp3) is 0.455. The topological polar surface area (TPSA) is 32.7 Å². The van der Waals surface area contributed by atoms with Gasteiger partial charge in [0, 0.05) is 30.2 Å². The van der Waals surface area contributed by atoms with Gasteiger partial charge in [-0.25, -0.2) is 4.39 Å². The highest BCUT2D eigenvalue weighted by Gasteiger charge is 2.43. The van der Waals surface area contributed by atoms with Crippen molar-refractivity contribution in [1.82, 2.24) is 4.90 Å². The second-order valence-corrected chi connectivity index (χ2v) is 8.58. The normalized spacial score (nSPS) is 27.1. The molecule has 3 nitrogen and oxygen atoms in total. The van der Waals surface area contributed by atoms with Gasteiger partial charge in [0.05, 0.1) is 11.7 Å². The van der Waals surface area contributed by atoms with Gasteiger partial charge in [0.1, 0.15) is 17.7 Å². The van der Waals surface area contributed by atoms with Crippen molar-refractivity contribution in [2.75, 3.05) is 13.1 Å². The van der Waals surface area contributed by atoms with Crippen molar-refractivity contribution in [3.05, 3.63) is 64.4 Å². The Morgan fingerprint density at radius 3 is 2.47 bits per heavy atom. The average molecular weight is 444 g/mol. The lowest BCUT2D eigenvalue weighted by Gasteiger charge is -2.35. The number of likely N-dealkylation sites (tertiary alicyclic amines) is 1. The van der Waals surface area contributed by atoms with E-state index < -0.39 is 23.7 Å². The Balaban J connectivity index is 1.42. The predicted octanol–water partition coefficient (Wildman–Crippen LogP) is 5.15. The van der Waals surface area contributed by atoms with Gasteiger partial charge >= 0.3 is 6.18 Å². The van der Waals surface area contributed by atoms with E-state index in [0.29, 0.717) is 36.7 Å². The quantitative estimate of drug-likeness (QED) is 0.663. The van der Waals surface area contributed by atoms with E-state index in [2.05, 4.69) is 0 Å². The van der Waals surface area contributed by atoms with Gasteiger partial charge < -0.3 is 9.84 Å². The van der Waals surface area contributed by atoms with Crippen LogP contribution in [0.25, 0.3) is 0 Å². The van der Waals surface area contributed by atoms with Crippen molar-refractivity contribution in [3.8, 4) is 5.75 Å². The summed E-state index contributed by atoms with van der Waals surface area (Å²) in [5.41, 5.74) is -1.20. The van der Waals surface area contributed by atoms with Crippen LogP contribution in [-0.2, 0) is 12.7 Å². The van der Waals surface area contributed by atoms with Crippen LogP contribution in [0.4, 0.5) is 17.6 Å². The third-order valence-electron chi connectivity index (χ3n) is 6.02. The zero-order chi connectivity index (χ0) is 21.5. The van der Waals surface area contributed by atoms with Crippen LogP contribution in [0.1, 0.15) is 24.0 Å². The number of benzene rings is 2. The molecule has 1 N–H and O–H groups in total. The highest BCUT2D eigenvalue weighted by atomic mass is 35.5. The summed E-state index contributed by atoms with van der Waals surface area (Å²) in [6.45, 7) is 1.35. The Labute approximate surface area is 177 Å². The van der Waals surface area contributed by atoms with E-state index in [4.69, 9.17) is 16.3 Å². The average Bonchev–Trinajstić information content (AvgIpc) is 3.04. The first-order chi connectivity index (χ1) is 14.2. The fourth-order valence-corrected chi connectivity index (χ4v) is 4.80. The van der Waals surface area contributed by atoms with Gasteiger partial charge in [0.25, 0.3) is 0 Å². The molecule has 162 valence electrons. The predicted molar refractivity (Wildman–Crippen MR) is 105 cm³/mol. The molecule has 0 bridgehead atoms. The first kappa shape index (κ1) is 21.4. The Morgan fingerprint density at radius 2 is 1.77 bits per heavy atom. The second kappa shape index (κ2) is 8.36. The highest BCUT2D eigenvalue weighted by Crippen LogP contribution is 2.39. The van der Waals surface area contributed by atoms with Crippen LogP contribution in [0.2, 0.25) is 5.02 Å². The number of ether oxygens (including phenoxy) is 1. The van der Waals surface area contributed by atoms with Crippen molar-refractivity contribution in [2.24, 2.45) is 11.8 Å². The molecule has 2 fully saturated rings. The molecular formula is C22H22ClF4NO2. The number of halogens is 5. The number of fused-ring (bicyclic) bond motifs is 1. The lowest BCUT2D eigenvalue weighted by Crippen LogP contribution is -2.42. The minimum Gasteiger partial charge on any atom is -0.488 e. The standard InChI is InChI=1S/C22H22ClF4NO2/c23-16-4-2-5-17(9-16)30-20-8-15-12-28(11-14(15)7-19(20)29)10-13-3-1-6-18(21(13)24)22(25,26)27/h1-6,9,14-15,19-20,29H,7-8,10-12H2/t14-,15+,19+,20+/m0/s1. The van der Waals surface area contributed by atoms with Crippen molar-refractivity contribution >= 4 is 11.6 Å². The molecule has 8 heteroatoms. The molecule has 1 saturated heterocycles. The molecule has 0 radical (unpaired) electrons.